The first-order valence-corrected chi connectivity index (χ1v) is 8.71. The molecule has 0 aliphatic carbocycles. The Labute approximate surface area is 140 Å². The van der Waals surface area contributed by atoms with Gasteiger partial charge in [-0.05, 0) is 48.5 Å². The summed E-state index contributed by atoms with van der Waals surface area (Å²) in [5.74, 6) is -0.298. The highest BCUT2D eigenvalue weighted by Gasteiger charge is 2.16. The second-order valence-corrected chi connectivity index (χ2v) is 7.35. The van der Waals surface area contributed by atoms with Crippen LogP contribution in [0.2, 0.25) is 5.02 Å². The van der Waals surface area contributed by atoms with E-state index in [0.717, 1.165) is 5.69 Å². The summed E-state index contributed by atoms with van der Waals surface area (Å²) < 4.78 is 26.5. The van der Waals surface area contributed by atoms with Gasteiger partial charge in [0.1, 0.15) is 0 Å². The van der Waals surface area contributed by atoms with Crippen molar-refractivity contribution in [3.8, 4) is 0 Å². The number of rotatable bonds is 6. The summed E-state index contributed by atoms with van der Waals surface area (Å²) in [4.78, 5) is 14.1. The lowest BCUT2D eigenvalue weighted by atomic mass is 10.1. The third-order valence-corrected chi connectivity index (χ3v) is 4.92. The van der Waals surface area contributed by atoms with Crippen LogP contribution >= 0.6 is 11.6 Å². The largest absolute Gasteiger partial charge is 0.378 e. The van der Waals surface area contributed by atoms with Crippen LogP contribution in [0.3, 0.4) is 0 Å². The molecule has 0 aliphatic rings. The molecule has 7 heteroatoms. The molecule has 122 valence electrons. The minimum atomic E-state index is -3.74. The van der Waals surface area contributed by atoms with E-state index in [1.165, 1.54) is 24.3 Å². The molecule has 0 amide bonds. The van der Waals surface area contributed by atoms with Gasteiger partial charge in [0, 0.05) is 30.4 Å². The fraction of sp³-hybridized carbons (Fsp3) is 0.188. The van der Waals surface area contributed by atoms with E-state index in [1.807, 2.05) is 19.0 Å². The maximum atomic E-state index is 12.1. The quantitative estimate of drug-likeness (QED) is 0.811. The summed E-state index contributed by atoms with van der Waals surface area (Å²) in [6, 6.07) is 12.7. The van der Waals surface area contributed by atoms with Gasteiger partial charge in [-0.1, -0.05) is 11.6 Å². The first-order chi connectivity index (χ1) is 10.8. The third kappa shape index (κ3) is 4.54. The molecule has 23 heavy (non-hydrogen) atoms. The standard InChI is InChI=1S/C16H17ClN2O3S/c1-19(2)14-7-3-12(4-8-14)16(20)11-18-23(21,22)15-9-5-13(17)6-10-15/h3-10,18H,11H2,1-2H3. The van der Waals surface area contributed by atoms with Gasteiger partial charge < -0.3 is 4.90 Å². The Bertz CT molecular complexity index is 785. The Hall–Kier alpha value is -1.89. The van der Waals surface area contributed by atoms with Crippen molar-refractivity contribution in [3.63, 3.8) is 0 Å². The van der Waals surface area contributed by atoms with Crippen LogP contribution in [0.4, 0.5) is 5.69 Å². The molecule has 1 N–H and O–H groups in total. The fourth-order valence-electron chi connectivity index (χ4n) is 1.91. The molecule has 0 fully saturated rings. The van der Waals surface area contributed by atoms with Crippen LogP contribution in [0.15, 0.2) is 53.4 Å². The number of hydrogen-bond donors (Lipinski definition) is 1. The van der Waals surface area contributed by atoms with Crippen molar-refractivity contribution in [2.24, 2.45) is 0 Å². The number of benzene rings is 2. The number of sulfonamides is 1. The predicted octanol–water partition coefficient (Wildman–Crippen LogP) is 2.57. The molecule has 0 heterocycles. The second kappa shape index (κ2) is 7.12. The minimum Gasteiger partial charge on any atom is -0.378 e. The molecule has 0 radical (unpaired) electrons. The van der Waals surface area contributed by atoms with Crippen LogP contribution in [-0.4, -0.2) is 34.8 Å². The summed E-state index contributed by atoms with van der Waals surface area (Å²) >= 11 is 5.73. The molecule has 2 aromatic rings. The number of anilines is 1. The van der Waals surface area contributed by atoms with Gasteiger partial charge in [0.2, 0.25) is 10.0 Å². The molecule has 0 unspecified atom stereocenters. The Morgan fingerprint density at radius 2 is 1.61 bits per heavy atom. The number of carbonyl (C=O) groups is 1. The SMILES string of the molecule is CN(C)c1ccc(C(=O)CNS(=O)(=O)c2ccc(Cl)cc2)cc1. The highest BCUT2D eigenvalue weighted by atomic mass is 35.5. The summed E-state index contributed by atoms with van der Waals surface area (Å²) in [5, 5.41) is 0.445. The van der Waals surface area contributed by atoms with Crippen LogP contribution in [-0.2, 0) is 10.0 Å². The summed E-state index contributed by atoms with van der Waals surface area (Å²) in [7, 11) is 0.0603. The lowest BCUT2D eigenvalue weighted by Gasteiger charge is -2.12. The van der Waals surface area contributed by atoms with Crippen molar-refractivity contribution in [1.82, 2.24) is 4.72 Å². The average Bonchev–Trinajstić information content (AvgIpc) is 2.53. The summed E-state index contributed by atoms with van der Waals surface area (Å²) in [5.41, 5.74) is 1.41. The van der Waals surface area contributed by atoms with Crippen molar-refractivity contribution in [3.05, 3.63) is 59.1 Å². The van der Waals surface area contributed by atoms with E-state index in [0.29, 0.717) is 10.6 Å². The zero-order chi connectivity index (χ0) is 17.0. The van der Waals surface area contributed by atoms with Crippen LogP contribution in [0.1, 0.15) is 10.4 Å². The van der Waals surface area contributed by atoms with Gasteiger partial charge in [-0.2, -0.15) is 0 Å². The zero-order valence-electron chi connectivity index (χ0n) is 12.8. The Morgan fingerprint density at radius 3 is 2.13 bits per heavy atom. The molecule has 0 spiro atoms. The monoisotopic (exact) mass is 352 g/mol. The molecule has 0 aromatic heterocycles. The molecular weight excluding hydrogens is 336 g/mol. The van der Waals surface area contributed by atoms with Gasteiger partial charge in [-0.3, -0.25) is 4.79 Å². The fourth-order valence-corrected chi connectivity index (χ4v) is 3.01. The lowest BCUT2D eigenvalue weighted by Crippen LogP contribution is -2.29. The molecule has 0 atom stereocenters. The van der Waals surface area contributed by atoms with Gasteiger partial charge in [-0.25, -0.2) is 13.1 Å². The van der Waals surface area contributed by atoms with Crippen molar-refractivity contribution >= 4 is 33.1 Å². The van der Waals surface area contributed by atoms with Gasteiger partial charge in [0.05, 0.1) is 11.4 Å². The summed E-state index contributed by atoms with van der Waals surface area (Å²) in [6.07, 6.45) is 0. The highest BCUT2D eigenvalue weighted by molar-refractivity contribution is 7.89. The molecular formula is C16H17ClN2O3S. The number of nitrogens with one attached hydrogen (secondary N) is 1. The van der Waals surface area contributed by atoms with Crippen molar-refractivity contribution < 1.29 is 13.2 Å². The van der Waals surface area contributed by atoms with E-state index in [1.54, 1.807) is 24.3 Å². The van der Waals surface area contributed by atoms with Crippen molar-refractivity contribution in [2.75, 3.05) is 25.5 Å². The molecule has 2 rings (SSSR count). The first-order valence-electron chi connectivity index (χ1n) is 6.85. The molecule has 0 aliphatic heterocycles. The first kappa shape index (κ1) is 17.5. The topological polar surface area (TPSA) is 66.5 Å². The van der Waals surface area contributed by atoms with Gasteiger partial charge in [0.25, 0.3) is 0 Å². The Morgan fingerprint density at radius 1 is 1.04 bits per heavy atom. The van der Waals surface area contributed by atoms with E-state index < -0.39 is 10.0 Å². The number of carbonyl (C=O) groups excluding carboxylic acids is 1. The van der Waals surface area contributed by atoms with E-state index >= 15 is 0 Å². The maximum Gasteiger partial charge on any atom is 0.240 e. The van der Waals surface area contributed by atoms with Crippen molar-refractivity contribution in [1.29, 1.82) is 0 Å². The molecule has 5 nitrogen and oxygen atoms in total. The number of Topliss-reactive ketones (excluding diaryl/α,β-unsaturated/α-hetero) is 1. The van der Waals surface area contributed by atoms with Crippen LogP contribution in [0.5, 0.6) is 0 Å². The lowest BCUT2D eigenvalue weighted by molar-refractivity contribution is 0.0997. The van der Waals surface area contributed by atoms with Crippen LogP contribution in [0.25, 0.3) is 0 Å². The predicted molar refractivity (Wildman–Crippen MR) is 91.7 cm³/mol. The number of ketones is 1. The van der Waals surface area contributed by atoms with Gasteiger partial charge >= 0.3 is 0 Å². The normalized spacial score (nSPS) is 11.3. The molecule has 0 saturated heterocycles. The van der Waals surface area contributed by atoms with E-state index in [9.17, 15) is 13.2 Å². The summed E-state index contributed by atoms with van der Waals surface area (Å²) in [6.45, 7) is -0.299. The molecule has 0 saturated carbocycles. The van der Waals surface area contributed by atoms with Gasteiger partial charge in [0.15, 0.2) is 5.78 Å². The van der Waals surface area contributed by atoms with E-state index in [2.05, 4.69) is 4.72 Å². The van der Waals surface area contributed by atoms with Crippen molar-refractivity contribution in [2.45, 2.75) is 4.90 Å². The highest BCUT2D eigenvalue weighted by Crippen LogP contribution is 2.15. The van der Waals surface area contributed by atoms with Crippen LogP contribution < -0.4 is 9.62 Å². The number of nitrogens with zero attached hydrogens (tertiary/aromatic N) is 1. The molecule has 2 aromatic carbocycles. The average molecular weight is 353 g/mol. The minimum absolute atomic E-state index is 0.0673. The van der Waals surface area contributed by atoms with Gasteiger partial charge in [-0.15, -0.1) is 0 Å². The zero-order valence-corrected chi connectivity index (χ0v) is 14.4. The second-order valence-electron chi connectivity index (χ2n) is 5.14. The number of halogens is 1. The smallest absolute Gasteiger partial charge is 0.240 e. The van der Waals surface area contributed by atoms with E-state index in [-0.39, 0.29) is 17.2 Å². The van der Waals surface area contributed by atoms with E-state index in [4.69, 9.17) is 11.6 Å². The van der Waals surface area contributed by atoms with Crippen LogP contribution in [0, 0.1) is 0 Å². The third-order valence-electron chi connectivity index (χ3n) is 3.25. The maximum absolute atomic E-state index is 12.1. The molecule has 0 bridgehead atoms. The number of hydrogen-bond acceptors (Lipinski definition) is 4. The Balaban J connectivity index is 2.04. The Kier molecular flexibility index (Phi) is 5.41.